The van der Waals surface area contributed by atoms with Gasteiger partial charge in [0.2, 0.25) is 0 Å². The Balaban J connectivity index is 1.28. The third-order valence-corrected chi connectivity index (χ3v) is 14.6. The molecule has 3 heterocycles. The first-order valence-electron chi connectivity index (χ1n) is 23.4. The third-order valence-electron chi connectivity index (χ3n) is 14.6. The van der Waals surface area contributed by atoms with Gasteiger partial charge in [-0.2, -0.15) is 0 Å². The Bertz CT molecular complexity index is 2990. The largest absolute Gasteiger partial charge is 0.458 e. The van der Waals surface area contributed by atoms with Gasteiger partial charge in [-0.05, 0) is 138 Å². The van der Waals surface area contributed by atoms with Crippen LogP contribution in [0.4, 0.5) is 34.4 Å². The first-order valence-corrected chi connectivity index (χ1v) is 23.4. The SMILES string of the molecule is CC(C)(C)c1ccc(N2c3ccc(C(C)(C)C)cc3B3c4cc(C(C)(C)C)ccc4Oc4cc(N(c5ccc6c(c5)C(C)(C)CCC6(C)C)c5ccc6ccccc6c5)nc2c43)cc1. The molecule has 0 radical (unpaired) electrons. The van der Waals surface area contributed by atoms with Crippen LogP contribution in [0.15, 0.2) is 127 Å². The van der Waals surface area contributed by atoms with Gasteiger partial charge in [0.25, 0.3) is 6.71 Å². The van der Waals surface area contributed by atoms with Gasteiger partial charge in [0.05, 0.1) is 0 Å². The molecule has 64 heavy (non-hydrogen) atoms. The average Bonchev–Trinajstić information content (AvgIpc) is 3.24. The number of benzene rings is 6. The van der Waals surface area contributed by atoms with Crippen molar-refractivity contribution < 1.29 is 4.74 Å². The van der Waals surface area contributed by atoms with Crippen LogP contribution in [0.3, 0.4) is 0 Å². The fourth-order valence-electron chi connectivity index (χ4n) is 10.5. The molecule has 3 aliphatic rings. The zero-order chi connectivity index (χ0) is 45.3. The normalized spacial score (nSPS) is 16.1. The van der Waals surface area contributed by atoms with Crippen LogP contribution in [0.2, 0.25) is 0 Å². The molecule has 7 aromatic rings. The summed E-state index contributed by atoms with van der Waals surface area (Å²) in [4.78, 5) is 10.7. The summed E-state index contributed by atoms with van der Waals surface area (Å²) in [5, 5.41) is 2.40. The number of pyridine rings is 1. The summed E-state index contributed by atoms with van der Waals surface area (Å²) in [6.07, 6.45) is 2.30. The van der Waals surface area contributed by atoms with Gasteiger partial charge in [0.1, 0.15) is 23.1 Å². The number of fused-ring (bicyclic) bond motifs is 6. The Kier molecular flexibility index (Phi) is 9.45. The lowest BCUT2D eigenvalue weighted by atomic mass is 9.34. The van der Waals surface area contributed by atoms with Gasteiger partial charge >= 0.3 is 0 Å². The van der Waals surface area contributed by atoms with Crippen LogP contribution in [-0.4, -0.2) is 11.7 Å². The molecule has 0 unspecified atom stereocenters. The summed E-state index contributed by atoms with van der Waals surface area (Å²) < 4.78 is 7.24. The molecule has 2 aliphatic heterocycles. The zero-order valence-electron chi connectivity index (χ0n) is 40.4. The highest BCUT2D eigenvalue weighted by Crippen LogP contribution is 2.50. The molecule has 0 amide bonds. The Morgan fingerprint density at radius 2 is 1.12 bits per heavy atom. The highest BCUT2D eigenvalue weighted by atomic mass is 16.5. The van der Waals surface area contributed by atoms with E-state index in [9.17, 15) is 0 Å². The topological polar surface area (TPSA) is 28.6 Å². The van der Waals surface area contributed by atoms with Gasteiger partial charge in [-0.1, -0.05) is 163 Å². The molecular weight excluding hydrogens is 777 g/mol. The standard InChI is InChI=1S/C59H64BN3O/c1-55(2,3)39-19-24-42(25-20-39)63-49-28-21-40(56(4,5)6)33-47(49)60-48-34-41(57(7,8)9)22-29-50(48)64-51-36-52(61-54(63)53(51)60)62(43-23-18-37-16-14-15-17-38(37)32-43)44-26-27-45-46(35-44)59(12,13)31-30-58(45,10)11/h14-29,32-36H,30-31H2,1-13H3. The molecule has 1 aliphatic carbocycles. The molecule has 10 rings (SSSR count). The number of rotatable bonds is 4. The average molecular weight is 842 g/mol. The summed E-state index contributed by atoms with van der Waals surface area (Å²) >= 11 is 0. The Hall–Kier alpha value is -5.81. The van der Waals surface area contributed by atoms with Crippen molar-refractivity contribution in [3.05, 3.63) is 155 Å². The maximum absolute atomic E-state index is 7.24. The van der Waals surface area contributed by atoms with E-state index in [0.717, 1.165) is 57.8 Å². The highest BCUT2D eigenvalue weighted by molar-refractivity contribution is 6.99. The van der Waals surface area contributed by atoms with Crippen molar-refractivity contribution in [3.8, 4) is 11.5 Å². The molecule has 6 aromatic carbocycles. The van der Waals surface area contributed by atoms with Crippen LogP contribution in [0.25, 0.3) is 10.8 Å². The minimum Gasteiger partial charge on any atom is -0.458 e. The van der Waals surface area contributed by atoms with Gasteiger partial charge in [0.15, 0.2) is 0 Å². The second kappa shape index (κ2) is 14.3. The Morgan fingerprint density at radius 1 is 0.547 bits per heavy atom. The van der Waals surface area contributed by atoms with E-state index in [1.165, 1.54) is 55.9 Å². The van der Waals surface area contributed by atoms with Gasteiger partial charge in [-0.3, -0.25) is 9.80 Å². The van der Waals surface area contributed by atoms with E-state index in [1.807, 2.05) is 0 Å². The molecule has 0 atom stereocenters. The number of hydrogen-bond donors (Lipinski definition) is 0. The number of anilines is 6. The lowest BCUT2D eigenvalue weighted by molar-refractivity contribution is 0.332. The van der Waals surface area contributed by atoms with E-state index in [0.29, 0.717) is 0 Å². The van der Waals surface area contributed by atoms with Gasteiger partial charge in [0, 0.05) is 34.3 Å². The monoisotopic (exact) mass is 842 g/mol. The molecule has 0 saturated heterocycles. The summed E-state index contributed by atoms with van der Waals surface area (Å²) in [6, 6.07) is 48.0. The van der Waals surface area contributed by atoms with Crippen LogP contribution in [0.1, 0.15) is 131 Å². The first kappa shape index (κ1) is 42.2. The summed E-state index contributed by atoms with van der Waals surface area (Å²) in [5.41, 5.74) is 14.8. The maximum atomic E-state index is 7.24. The third kappa shape index (κ3) is 7.02. The van der Waals surface area contributed by atoms with Crippen molar-refractivity contribution in [2.45, 2.75) is 130 Å². The van der Waals surface area contributed by atoms with Crippen LogP contribution in [0.5, 0.6) is 11.5 Å². The Labute approximate surface area is 382 Å². The van der Waals surface area contributed by atoms with Crippen molar-refractivity contribution in [1.82, 2.24) is 4.98 Å². The van der Waals surface area contributed by atoms with Crippen molar-refractivity contribution in [3.63, 3.8) is 0 Å². The van der Waals surface area contributed by atoms with E-state index < -0.39 is 0 Å². The lowest BCUT2D eigenvalue weighted by Crippen LogP contribution is -2.60. The van der Waals surface area contributed by atoms with Crippen molar-refractivity contribution >= 4 is 68.3 Å². The first-order chi connectivity index (χ1) is 30.1. The smallest absolute Gasteiger partial charge is 0.258 e. The van der Waals surface area contributed by atoms with E-state index in [2.05, 4.69) is 227 Å². The van der Waals surface area contributed by atoms with Crippen molar-refractivity contribution in [2.75, 3.05) is 9.80 Å². The molecule has 1 aromatic heterocycles. The molecule has 324 valence electrons. The number of hydrogen-bond acceptors (Lipinski definition) is 4. The molecule has 4 nitrogen and oxygen atoms in total. The Morgan fingerprint density at radius 3 is 1.80 bits per heavy atom. The van der Waals surface area contributed by atoms with Crippen LogP contribution >= 0.6 is 0 Å². The fourth-order valence-corrected chi connectivity index (χ4v) is 10.5. The highest BCUT2D eigenvalue weighted by Gasteiger charge is 2.45. The number of aromatic nitrogens is 1. The molecule has 0 saturated carbocycles. The minimum absolute atomic E-state index is 0.0176. The molecule has 0 bridgehead atoms. The molecule has 0 N–H and O–H groups in total. The second-order valence-electron chi connectivity index (χ2n) is 23.3. The van der Waals surface area contributed by atoms with Gasteiger partial charge < -0.3 is 4.74 Å². The van der Waals surface area contributed by atoms with Crippen LogP contribution in [0, 0.1) is 0 Å². The predicted molar refractivity (Wildman–Crippen MR) is 274 cm³/mol. The van der Waals surface area contributed by atoms with Gasteiger partial charge in [-0.25, -0.2) is 4.98 Å². The van der Waals surface area contributed by atoms with Gasteiger partial charge in [-0.15, -0.1) is 0 Å². The van der Waals surface area contributed by atoms with E-state index >= 15 is 0 Å². The van der Waals surface area contributed by atoms with Crippen molar-refractivity contribution in [1.29, 1.82) is 0 Å². The molecule has 5 heteroatoms. The quantitative estimate of drug-likeness (QED) is 0.165. The summed E-state index contributed by atoms with van der Waals surface area (Å²) in [5.74, 6) is 3.46. The second-order valence-corrected chi connectivity index (χ2v) is 23.3. The number of nitrogens with zero attached hydrogens (tertiary/aromatic N) is 3. The molecule has 0 fully saturated rings. The molecular formula is C59H64BN3O. The van der Waals surface area contributed by atoms with E-state index in [-0.39, 0.29) is 33.8 Å². The lowest BCUT2D eigenvalue weighted by Gasteiger charge is -2.43. The minimum atomic E-state index is -0.0825. The van der Waals surface area contributed by atoms with Crippen LogP contribution in [-0.2, 0) is 27.1 Å². The summed E-state index contributed by atoms with van der Waals surface area (Å²) in [7, 11) is 0. The van der Waals surface area contributed by atoms with Crippen molar-refractivity contribution in [2.24, 2.45) is 0 Å². The fraction of sp³-hybridized carbons (Fsp3) is 0.339. The van der Waals surface area contributed by atoms with E-state index in [1.54, 1.807) is 0 Å². The molecule has 0 spiro atoms. The summed E-state index contributed by atoms with van der Waals surface area (Å²) in [6.45, 7) is 30.2. The van der Waals surface area contributed by atoms with E-state index in [4.69, 9.17) is 9.72 Å². The maximum Gasteiger partial charge on any atom is 0.258 e. The number of ether oxygens (including phenoxy) is 1. The van der Waals surface area contributed by atoms with Crippen LogP contribution < -0.4 is 30.9 Å². The predicted octanol–water partition coefficient (Wildman–Crippen LogP) is 14.4. The zero-order valence-corrected chi connectivity index (χ0v) is 40.4.